The van der Waals surface area contributed by atoms with Gasteiger partial charge in [0.15, 0.2) is 0 Å². The predicted molar refractivity (Wildman–Crippen MR) is 125 cm³/mol. The molecule has 0 bridgehead atoms. The summed E-state index contributed by atoms with van der Waals surface area (Å²) in [7, 11) is -3.73. The van der Waals surface area contributed by atoms with E-state index in [2.05, 4.69) is 21.6 Å². The maximum atomic E-state index is 12.7. The van der Waals surface area contributed by atoms with Crippen molar-refractivity contribution in [1.82, 2.24) is 19.3 Å². The Morgan fingerprint density at radius 3 is 2.53 bits per heavy atom. The number of rotatable bonds is 6. The highest BCUT2D eigenvalue weighted by Gasteiger charge is 2.29. The molecule has 2 aromatic heterocycles. The first-order valence-corrected chi connectivity index (χ1v) is 11.9. The zero-order valence-corrected chi connectivity index (χ0v) is 18.4. The van der Waals surface area contributed by atoms with Gasteiger partial charge in [0.2, 0.25) is 16.0 Å². The number of nitrogens with two attached hydrogens (primary N) is 2. The Kier molecular flexibility index (Phi) is 4.87. The molecule has 2 aromatic carbocycles. The first-order chi connectivity index (χ1) is 15.3. The summed E-state index contributed by atoms with van der Waals surface area (Å²) in [4.78, 5) is 8.65. The standard InChI is InChI=1S/C23H24N6O2S/c1-14(15-5-3-2-4-6-15)29-20-11-16(7-10-19(20)27-23(29)25)17-12-21(22(24)26-13-17)32(30,31)28-18-8-9-18/h2-7,10-14,18,28H,8-9H2,1H3,(H2,24,26)(H2,25,27)/t14-/m0/s1. The van der Waals surface area contributed by atoms with E-state index in [0.717, 1.165) is 35.0 Å². The van der Waals surface area contributed by atoms with Crippen molar-refractivity contribution in [3.05, 3.63) is 66.4 Å². The molecule has 4 aromatic rings. The molecule has 0 saturated heterocycles. The van der Waals surface area contributed by atoms with Crippen LogP contribution >= 0.6 is 0 Å². The number of nitrogens with zero attached hydrogens (tertiary/aromatic N) is 3. The third-order valence-corrected chi connectivity index (χ3v) is 7.34. The Morgan fingerprint density at radius 2 is 1.81 bits per heavy atom. The normalized spacial score (nSPS) is 15.2. The highest BCUT2D eigenvalue weighted by Crippen LogP contribution is 2.32. The number of sulfonamides is 1. The molecule has 1 fully saturated rings. The fourth-order valence-corrected chi connectivity index (χ4v) is 5.30. The van der Waals surface area contributed by atoms with E-state index in [4.69, 9.17) is 11.5 Å². The van der Waals surface area contributed by atoms with Gasteiger partial charge in [-0.3, -0.25) is 0 Å². The number of pyridine rings is 1. The monoisotopic (exact) mass is 448 g/mol. The van der Waals surface area contributed by atoms with Gasteiger partial charge < -0.3 is 16.0 Å². The molecule has 0 aliphatic heterocycles. The van der Waals surface area contributed by atoms with Gasteiger partial charge in [-0.25, -0.2) is 23.1 Å². The number of hydrogen-bond acceptors (Lipinski definition) is 6. The maximum absolute atomic E-state index is 12.7. The molecule has 2 heterocycles. The second kappa shape index (κ2) is 7.61. The quantitative estimate of drug-likeness (QED) is 0.415. The average Bonchev–Trinajstić information content (AvgIpc) is 3.52. The second-order valence-electron chi connectivity index (χ2n) is 8.13. The summed E-state index contributed by atoms with van der Waals surface area (Å²) in [6, 6.07) is 17.3. The molecular formula is C23H24N6O2S. The molecule has 164 valence electrons. The van der Waals surface area contributed by atoms with Gasteiger partial charge in [-0.2, -0.15) is 0 Å². The summed E-state index contributed by atoms with van der Waals surface area (Å²) in [6.07, 6.45) is 3.26. The highest BCUT2D eigenvalue weighted by atomic mass is 32.2. The van der Waals surface area contributed by atoms with Crippen molar-refractivity contribution in [3.63, 3.8) is 0 Å². The first kappa shape index (κ1) is 20.5. The van der Waals surface area contributed by atoms with Gasteiger partial charge >= 0.3 is 0 Å². The van der Waals surface area contributed by atoms with Crippen molar-refractivity contribution in [2.24, 2.45) is 0 Å². The van der Waals surface area contributed by atoms with Crippen LogP contribution < -0.4 is 16.2 Å². The Balaban J connectivity index is 1.59. The average molecular weight is 449 g/mol. The molecule has 1 saturated carbocycles. The van der Waals surface area contributed by atoms with E-state index in [1.165, 1.54) is 0 Å². The number of hydrogen-bond donors (Lipinski definition) is 3. The molecule has 0 amide bonds. The van der Waals surface area contributed by atoms with Crippen LogP contribution in [-0.2, 0) is 10.0 Å². The van der Waals surface area contributed by atoms with E-state index in [0.29, 0.717) is 11.5 Å². The fourth-order valence-electron chi connectivity index (χ4n) is 3.89. The minimum absolute atomic E-state index is 0.00679. The molecule has 0 spiro atoms. The number of anilines is 2. The van der Waals surface area contributed by atoms with Gasteiger partial charge in [-0.15, -0.1) is 0 Å². The Bertz CT molecular complexity index is 1410. The van der Waals surface area contributed by atoms with Crippen LogP contribution in [0.4, 0.5) is 11.8 Å². The summed E-state index contributed by atoms with van der Waals surface area (Å²) in [5.41, 5.74) is 16.4. The summed E-state index contributed by atoms with van der Waals surface area (Å²) < 4.78 is 30.1. The molecule has 1 aliphatic carbocycles. The van der Waals surface area contributed by atoms with E-state index >= 15 is 0 Å². The van der Waals surface area contributed by atoms with Crippen LogP contribution in [0.3, 0.4) is 0 Å². The van der Waals surface area contributed by atoms with E-state index in [1.54, 1.807) is 12.3 Å². The zero-order valence-electron chi connectivity index (χ0n) is 17.6. The van der Waals surface area contributed by atoms with Crippen molar-refractivity contribution in [3.8, 4) is 11.1 Å². The van der Waals surface area contributed by atoms with Crippen LogP contribution in [0.2, 0.25) is 0 Å². The largest absolute Gasteiger partial charge is 0.383 e. The minimum atomic E-state index is -3.73. The van der Waals surface area contributed by atoms with Crippen molar-refractivity contribution in [1.29, 1.82) is 0 Å². The summed E-state index contributed by atoms with van der Waals surface area (Å²) in [5, 5.41) is 0. The van der Waals surface area contributed by atoms with Crippen molar-refractivity contribution in [2.45, 2.75) is 36.7 Å². The molecule has 0 radical (unpaired) electrons. The van der Waals surface area contributed by atoms with Gasteiger partial charge in [0.1, 0.15) is 10.7 Å². The van der Waals surface area contributed by atoms with Crippen LogP contribution in [0.25, 0.3) is 22.2 Å². The molecule has 32 heavy (non-hydrogen) atoms. The molecule has 1 atom stereocenters. The van der Waals surface area contributed by atoms with Gasteiger partial charge in [0, 0.05) is 17.8 Å². The Labute approximate surface area is 186 Å². The van der Waals surface area contributed by atoms with E-state index in [9.17, 15) is 8.42 Å². The maximum Gasteiger partial charge on any atom is 0.244 e. The van der Waals surface area contributed by atoms with E-state index in [-0.39, 0.29) is 22.8 Å². The Morgan fingerprint density at radius 1 is 1.06 bits per heavy atom. The smallest absolute Gasteiger partial charge is 0.244 e. The lowest BCUT2D eigenvalue weighted by Gasteiger charge is -2.17. The summed E-state index contributed by atoms with van der Waals surface area (Å²) in [5.74, 6) is 0.399. The third-order valence-electron chi connectivity index (χ3n) is 5.79. The number of nitrogen functional groups attached to an aromatic ring is 2. The van der Waals surface area contributed by atoms with Crippen molar-refractivity contribution >= 4 is 32.8 Å². The van der Waals surface area contributed by atoms with Gasteiger partial charge in [-0.05, 0) is 49.1 Å². The van der Waals surface area contributed by atoms with Gasteiger partial charge in [-0.1, -0.05) is 36.4 Å². The second-order valence-corrected chi connectivity index (χ2v) is 9.82. The lowest BCUT2D eigenvalue weighted by Crippen LogP contribution is -2.26. The molecule has 9 heteroatoms. The van der Waals surface area contributed by atoms with Gasteiger partial charge in [0.05, 0.1) is 17.1 Å². The van der Waals surface area contributed by atoms with E-state index < -0.39 is 10.0 Å². The minimum Gasteiger partial charge on any atom is -0.383 e. The van der Waals surface area contributed by atoms with Crippen LogP contribution in [0.15, 0.2) is 65.7 Å². The zero-order chi connectivity index (χ0) is 22.5. The Hall–Kier alpha value is -3.43. The molecular weight excluding hydrogens is 424 g/mol. The summed E-state index contributed by atoms with van der Waals surface area (Å²) in [6.45, 7) is 2.07. The highest BCUT2D eigenvalue weighted by molar-refractivity contribution is 7.89. The molecule has 0 unspecified atom stereocenters. The third kappa shape index (κ3) is 3.69. The fraction of sp³-hybridized carbons (Fsp3) is 0.217. The van der Waals surface area contributed by atoms with Crippen molar-refractivity contribution < 1.29 is 8.42 Å². The first-order valence-electron chi connectivity index (χ1n) is 10.4. The number of fused-ring (bicyclic) bond motifs is 1. The topological polar surface area (TPSA) is 129 Å². The molecule has 5 rings (SSSR count). The van der Waals surface area contributed by atoms with E-state index in [1.807, 2.05) is 53.1 Å². The predicted octanol–water partition coefficient (Wildman–Crippen LogP) is 3.31. The summed E-state index contributed by atoms with van der Waals surface area (Å²) >= 11 is 0. The number of benzene rings is 2. The van der Waals surface area contributed by atoms with Crippen LogP contribution in [0.5, 0.6) is 0 Å². The number of imidazole rings is 1. The SMILES string of the molecule is C[C@@H](c1ccccc1)n1c(N)nc2ccc(-c3cnc(N)c(S(=O)(=O)NC4CC4)c3)cc21. The van der Waals surface area contributed by atoms with Crippen molar-refractivity contribution in [2.75, 3.05) is 11.5 Å². The lowest BCUT2D eigenvalue weighted by atomic mass is 10.1. The lowest BCUT2D eigenvalue weighted by molar-refractivity contribution is 0.581. The van der Waals surface area contributed by atoms with Crippen LogP contribution in [0, 0.1) is 0 Å². The molecule has 5 N–H and O–H groups in total. The number of nitrogens with one attached hydrogen (secondary N) is 1. The number of aromatic nitrogens is 3. The molecule has 8 nitrogen and oxygen atoms in total. The van der Waals surface area contributed by atoms with Crippen LogP contribution in [-0.4, -0.2) is 29.0 Å². The van der Waals surface area contributed by atoms with Crippen LogP contribution in [0.1, 0.15) is 31.4 Å². The molecule has 1 aliphatic rings. The van der Waals surface area contributed by atoms with Gasteiger partial charge in [0.25, 0.3) is 0 Å².